The first-order chi connectivity index (χ1) is 5.72. The number of carboxylic acids is 1. The second-order valence-corrected chi connectivity index (χ2v) is 4.35. The highest BCUT2D eigenvalue weighted by molar-refractivity contribution is 7.52. The summed E-state index contributed by atoms with van der Waals surface area (Å²) in [5.74, 6) is -1.23. The molecular formula is C6H12NO5P. The summed E-state index contributed by atoms with van der Waals surface area (Å²) < 4.78 is 10.5. The molecule has 5 N–H and O–H groups in total. The van der Waals surface area contributed by atoms with Crippen LogP contribution in [0.3, 0.4) is 0 Å². The topological polar surface area (TPSA) is 121 Å². The molecule has 0 bridgehead atoms. The lowest BCUT2D eigenvalue weighted by Gasteiger charge is -2.05. The van der Waals surface area contributed by atoms with Crippen molar-refractivity contribution < 1.29 is 24.3 Å². The number of rotatable bonds is 4. The highest BCUT2D eigenvalue weighted by atomic mass is 31.2. The molecule has 0 aromatic rings. The van der Waals surface area contributed by atoms with E-state index in [1.165, 1.54) is 6.92 Å². The maximum Gasteiger partial charge on any atom is 0.329 e. The molecule has 0 aliphatic rings. The fourth-order valence-electron chi connectivity index (χ4n) is 0.755. The van der Waals surface area contributed by atoms with E-state index in [2.05, 4.69) is 0 Å². The molecular weight excluding hydrogens is 197 g/mol. The molecule has 1 unspecified atom stereocenters. The van der Waals surface area contributed by atoms with Crippen LogP contribution in [0.25, 0.3) is 0 Å². The lowest BCUT2D eigenvalue weighted by Crippen LogP contribution is -2.28. The number of hydrogen-bond acceptors (Lipinski definition) is 3. The standard InChI is InChI=1S/C6H12NO5P/c1-4(3-13(10,11)12)2-5(7)6(8)9/h2,5H,3,7H2,1H3,(H,8,9)(H2,10,11,12)/b4-2-. The van der Waals surface area contributed by atoms with Crippen LogP contribution in [0.15, 0.2) is 11.6 Å². The third-order valence-corrected chi connectivity index (χ3v) is 2.12. The molecule has 7 heteroatoms. The SMILES string of the molecule is C/C(=C/C(N)C(=O)O)CP(=O)(O)O. The van der Waals surface area contributed by atoms with Crippen LogP contribution in [0.2, 0.25) is 0 Å². The van der Waals surface area contributed by atoms with Crippen LogP contribution in [0.1, 0.15) is 6.92 Å². The van der Waals surface area contributed by atoms with Crippen molar-refractivity contribution in [2.75, 3.05) is 6.16 Å². The molecule has 0 saturated heterocycles. The Hall–Kier alpha value is -0.680. The second kappa shape index (κ2) is 4.53. The van der Waals surface area contributed by atoms with Crippen LogP contribution in [0, 0.1) is 0 Å². The smallest absolute Gasteiger partial charge is 0.329 e. The number of hydrogen-bond donors (Lipinski definition) is 4. The van der Waals surface area contributed by atoms with Crippen LogP contribution in [0.4, 0.5) is 0 Å². The van der Waals surface area contributed by atoms with Crippen LogP contribution in [0.5, 0.6) is 0 Å². The number of aliphatic carboxylic acids is 1. The van der Waals surface area contributed by atoms with Gasteiger partial charge in [0.05, 0.1) is 6.16 Å². The van der Waals surface area contributed by atoms with E-state index < -0.39 is 25.8 Å². The lowest BCUT2D eigenvalue weighted by atomic mass is 10.2. The lowest BCUT2D eigenvalue weighted by molar-refractivity contribution is -0.137. The second-order valence-electron chi connectivity index (χ2n) is 2.70. The maximum atomic E-state index is 10.5. The van der Waals surface area contributed by atoms with E-state index in [0.717, 1.165) is 6.08 Å². The van der Waals surface area contributed by atoms with Gasteiger partial charge in [0, 0.05) is 0 Å². The van der Waals surface area contributed by atoms with E-state index in [9.17, 15) is 9.36 Å². The molecule has 0 aliphatic heterocycles. The highest BCUT2D eigenvalue weighted by Crippen LogP contribution is 2.36. The molecule has 0 aromatic carbocycles. The molecule has 0 rings (SSSR count). The molecule has 0 fully saturated rings. The minimum absolute atomic E-state index is 0.267. The average molecular weight is 209 g/mol. The summed E-state index contributed by atoms with van der Waals surface area (Å²) in [4.78, 5) is 27.3. The Kier molecular flexibility index (Phi) is 4.29. The van der Waals surface area contributed by atoms with Crippen molar-refractivity contribution in [2.45, 2.75) is 13.0 Å². The van der Waals surface area contributed by atoms with Gasteiger partial charge in [-0.1, -0.05) is 11.6 Å². The predicted molar refractivity (Wildman–Crippen MR) is 46.3 cm³/mol. The van der Waals surface area contributed by atoms with Crippen LogP contribution in [-0.2, 0) is 9.36 Å². The van der Waals surface area contributed by atoms with Crippen molar-refractivity contribution in [3.05, 3.63) is 11.6 Å². The summed E-state index contributed by atoms with van der Waals surface area (Å²) >= 11 is 0. The number of carboxylic acid groups (broad SMARTS) is 1. The maximum absolute atomic E-state index is 10.5. The predicted octanol–water partition coefficient (Wildman–Crippen LogP) is -0.478. The molecule has 0 saturated carbocycles. The van der Waals surface area contributed by atoms with Gasteiger partial charge in [-0.05, 0) is 6.92 Å². The Morgan fingerprint density at radius 1 is 1.62 bits per heavy atom. The van der Waals surface area contributed by atoms with E-state index in [1.807, 2.05) is 0 Å². The monoisotopic (exact) mass is 209 g/mol. The summed E-state index contributed by atoms with van der Waals surface area (Å²) in [7, 11) is -4.13. The quantitative estimate of drug-likeness (QED) is 0.366. The summed E-state index contributed by atoms with van der Waals surface area (Å²) in [5.41, 5.74) is 5.37. The third kappa shape index (κ3) is 6.48. The normalized spacial score (nSPS) is 15.5. The van der Waals surface area contributed by atoms with Gasteiger partial charge in [0.1, 0.15) is 6.04 Å². The Bertz CT molecular complexity index is 268. The number of carbonyl (C=O) groups is 1. The molecule has 0 spiro atoms. The molecule has 13 heavy (non-hydrogen) atoms. The molecule has 0 heterocycles. The summed E-state index contributed by atoms with van der Waals surface area (Å²) in [5, 5.41) is 8.37. The molecule has 0 aliphatic carbocycles. The van der Waals surface area contributed by atoms with Crippen molar-refractivity contribution in [1.29, 1.82) is 0 Å². The minimum atomic E-state index is -4.13. The zero-order valence-electron chi connectivity index (χ0n) is 7.04. The van der Waals surface area contributed by atoms with Gasteiger partial charge in [0.15, 0.2) is 0 Å². The first-order valence-corrected chi connectivity index (χ1v) is 5.22. The number of nitrogens with two attached hydrogens (primary N) is 1. The van der Waals surface area contributed by atoms with Crippen molar-refractivity contribution in [2.24, 2.45) is 5.73 Å². The van der Waals surface area contributed by atoms with E-state index >= 15 is 0 Å². The van der Waals surface area contributed by atoms with Crippen LogP contribution in [-0.4, -0.2) is 33.1 Å². The molecule has 0 aromatic heterocycles. The Morgan fingerprint density at radius 3 is 2.38 bits per heavy atom. The number of allylic oxidation sites excluding steroid dienone is 1. The Labute approximate surface area is 75.2 Å². The van der Waals surface area contributed by atoms with Crippen molar-refractivity contribution in [3.8, 4) is 0 Å². The van der Waals surface area contributed by atoms with Crippen molar-refractivity contribution in [1.82, 2.24) is 0 Å². The van der Waals surface area contributed by atoms with Crippen molar-refractivity contribution >= 4 is 13.6 Å². The average Bonchev–Trinajstić information content (AvgIpc) is 1.81. The van der Waals surface area contributed by atoms with Gasteiger partial charge < -0.3 is 20.6 Å². The summed E-state index contributed by atoms with van der Waals surface area (Å²) in [6.07, 6.45) is 0.648. The first-order valence-electron chi connectivity index (χ1n) is 3.42. The Balaban J connectivity index is 4.34. The van der Waals surface area contributed by atoms with Gasteiger partial charge in [0.2, 0.25) is 0 Å². The van der Waals surface area contributed by atoms with Crippen molar-refractivity contribution in [3.63, 3.8) is 0 Å². The first kappa shape index (κ1) is 12.3. The minimum Gasteiger partial charge on any atom is -0.480 e. The summed E-state index contributed by atoms with van der Waals surface area (Å²) in [6.45, 7) is 1.42. The molecule has 1 atom stereocenters. The molecule has 76 valence electrons. The van der Waals surface area contributed by atoms with E-state index in [4.69, 9.17) is 20.6 Å². The third-order valence-electron chi connectivity index (χ3n) is 1.20. The van der Waals surface area contributed by atoms with E-state index in [-0.39, 0.29) is 5.57 Å². The fraction of sp³-hybridized carbons (Fsp3) is 0.500. The van der Waals surface area contributed by atoms with Gasteiger partial charge in [-0.15, -0.1) is 0 Å². The summed E-state index contributed by atoms with van der Waals surface area (Å²) in [6, 6.07) is -1.22. The van der Waals surface area contributed by atoms with E-state index in [0.29, 0.717) is 0 Å². The van der Waals surface area contributed by atoms with E-state index in [1.54, 1.807) is 0 Å². The highest BCUT2D eigenvalue weighted by Gasteiger charge is 2.15. The fourth-order valence-corrected chi connectivity index (χ4v) is 1.51. The van der Waals surface area contributed by atoms with Crippen LogP contribution < -0.4 is 5.73 Å². The largest absolute Gasteiger partial charge is 0.480 e. The zero-order chi connectivity index (χ0) is 10.6. The van der Waals surface area contributed by atoms with Gasteiger partial charge in [-0.25, -0.2) is 0 Å². The molecule has 6 nitrogen and oxygen atoms in total. The zero-order valence-corrected chi connectivity index (χ0v) is 7.94. The van der Waals surface area contributed by atoms with Gasteiger partial charge in [-0.3, -0.25) is 9.36 Å². The van der Waals surface area contributed by atoms with Gasteiger partial charge in [-0.2, -0.15) is 0 Å². The van der Waals surface area contributed by atoms with Gasteiger partial charge in [0.25, 0.3) is 0 Å². The molecule has 0 amide bonds. The van der Waals surface area contributed by atoms with Crippen LogP contribution >= 0.6 is 7.60 Å². The molecule has 0 radical (unpaired) electrons. The Morgan fingerprint density at radius 2 is 2.08 bits per heavy atom. The van der Waals surface area contributed by atoms with Gasteiger partial charge >= 0.3 is 13.6 Å².